The number of nitrogens with one attached hydrogen (secondary N) is 1. The van der Waals surface area contributed by atoms with Crippen LogP contribution in [0.1, 0.15) is 129 Å². The molecule has 0 aliphatic rings. The van der Waals surface area contributed by atoms with E-state index in [4.69, 9.17) is 4.74 Å². The molecule has 0 radical (unpaired) electrons. The van der Waals surface area contributed by atoms with Crippen LogP contribution in [-0.2, 0) is 9.53 Å². The molecule has 0 fully saturated rings. The first-order valence-corrected chi connectivity index (χ1v) is 14.1. The van der Waals surface area contributed by atoms with E-state index in [1.54, 1.807) is 0 Å². The quantitative estimate of drug-likeness (QED) is 0.116. The summed E-state index contributed by atoms with van der Waals surface area (Å²) in [6.07, 6.45) is 21.9. The Morgan fingerprint density at radius 2 is 1.19 bits per heavy atom. The molecule has 0 aliphatic carbocycles. The lowest BCUT2D eigenvalue weighted by molar-refractivity contribution is -0.149. The van der Waals surface area contributed by atoms with Gasteiger partial charge in [-0.3, -0.25) is 4.79 Å². The van der Waals surface area contributed by atoms with Crippen LogP contribution in [-0.4, -0.2) is 51.2 Å². The lowest BCUT2D eigenvalue weighted by Crippen LogP contribution is -2.19. The van der Waals surface area contributed by atoms with Crippen LogP contribution in [0.3, 0.4) is 0 Å². The van der Waals surface area contributed by atoms with Gasteiger partial charge in [-0.1, -0.05) is 90.9 Å². The Morgan fingerprint density at radius 3 is 1.81 bits per heavy atom. The molecule has 1 N–H and O–H groups in total. The summed E-state index contributed by atoms with van der Waals surface area (Å²) in [5.41, 5.74) is 0. The third kappa shape index (κ3) is 22.6. The summed E-state index contributed by atoms with van der Waals surface area (Å²) in [6.45, 7) is 8.53. The minimum Gasteiger partial charge on any atom is -0.465 e. The van der Waals surface area contributed by atoms with Crippen molar-refractivity contribution in [2.24, 2.45) is 5.92 Å². The van der Waals surface area contributed by atoms with Crippen molar-refractivity contribution in [2.45, 2.75) is 129 Å². The van der Waals surface area contributed by atoms with E-state index in [-0.39, 0.29) is 11.9 Å². The molecule has 0 saturated heterocycles. The minimum absolute atomic E-state index is 0.0782. The average Bonchev–Trinajstić information content (AvgIpc) is 2.77. The topological polar surface area (TPSA) is 41.6 Å². The van der Waals surface area contributed by atoms with Gasteiger partial charge in [-0.25, -0.2) is 0 Å². The van der Waals surface area contributed by atoms with Crippen LogP contribution in [0.4, 0.5) is 0 Å². The lowest BCUT2D eigenvalue weighted by atomic mass is 9.94. The Morgan fingerprint density at radius 1 is 0.688 bits per heavy atom. The van der Waals surface area contributed by atoms with E-state index < -0.39 is 0 Å². The molecular formula is C28H58N2O2. The molecule has 0 aromatic rings. The zero-order chi connectivity index (χ0) is 23.7. The molecule has 0 aromatic heterocycles. The monoisotopic (exact) mass is 454 g/mol. The minimum atomic E-state index is 0.0782. The van der Waals surface area contributed by atoms with Gasteiger partial charge in [0.05, 0.1) is 12.5 Å². The van der Waals surface area contributed by atoms with Crippen molar-refractivity contribution in [3.8, 4) is 0 Å². The molecule has 0 aliphatic heterocycles. The highest BCUT2D eigenvalue weighted by molar-refractivity contribution is 5.72. The largest absolute Gasteiger partial charge is 0.465 e. The molecule has 0 rings (SSSR count). The fourth-order valence-electron chi connectivity index (χ4n) is 4.17. The summed E-state index contributed by atoms with van der Waals surface area (Å²) in [5.74, 6) is 0.212. The van der Waals surface area contributed by atoms with E-state index in [0.29, 0.717) is 6.61 Å². The predicted octanol–water partition coefficient (Wildman–Crippen LogP) is 7.36. The van der Waals surface area contributed by atoms with Crippen LogP contribution >= 0.6 is 0 Å². The summed E-state index contributed by atoms with van der Waals surface area (Å²) in [4.78, 5) is 14.9. The fourth-order valence-corrected chi connectivity index (χ4v) is 4.17. The Labute approximate surface area is 201 Å². The fraction of sp³-hybridized carbons (Fsp3) is 0.964. The van der Waals surface area contributed by atoms with Crippen LogP contribution in [0.25, 0.3) is 0 Å². The molecule has 1 atom stereocenters. The van der Waals surface area contributed by atoms with Crippen LogP contribution < -0.4 is 5.32 Å². The first-order valence-electron chi connectivity index (χ1n) is 14.1. The zero-order valence-electron chi connectivity index (χ0n) is 22.4. The Kier molecular flexibility index (Phi) is 24.5. The van der Waals surface area contributed by atoms with Crippen molar-refractivity contribution in [3.63, 3.8) is 0 Å². The molecule has 32 heavy (non-hydrogen) atoms. The van der Waals surface area contributed by atoms with E-state index in [1.807, 2.05) is 0 Å². The van der Waals surface area contributed by atoms with Crippen molar-refractivity contribution in [3.05, 3.63) is 0 Å². The van der Waals surface area contributed by atoms with Crippen molar-refractivity contribution in [1.82, 2.24) is 10.2 Å². The molecule has 192 valence electrons. The third-order valence-corrected chi connectivity index (χ3v) is 6.35. The highest BCUT2D eigenvalue weighted by atomic mass is 16.5. The number of rotatable bonds is 25. The molecule has 4 nitrogen and oxygen atoms in total. The van der Waals surface area contributed by atoms with Gasteiger partial charge in [0.15, 0.2) is 0 Å². The van der Waals surface area contributed by atoms with E-state index in [2.05, 4.69) is 38.2 Å². The second-order valence-corrected chi connectivity index (χ2v) is 9.94. The molecule has 0 amide bonds. The van der Waals surface area contributed by atoms with Gasteiger partial charge in [0.25, 0.3) is 0 Å². The Hall–Kier alpha value is -0.610. The van der Waals surface area contributed by atoms with Gasteiger partial charge >= 0.3 is 5.97 Å². The van der Waals surface area contributed by atoms with Gasteiger partial charge in [0.2, 0.25) is 0 Å². The van der Waals surface area contributed by atoms with E-state index in [1.165, 1.54) is 96.4 Å². The summed E-state index contributed by atoms with van der Waals surface area (Å²) in [7, 11) is 4.27. The molecule has 4 heteroatoms. The molecule has 0 heterocycles. The smallest absolute Gasteiger partial charge is 0.308 e. The predicted molar refractivity (Wildman–Crippen MR) is 140 cm³/mol. The second kappa shape index (κ2) is 25.0. The molecular weight excluding hydrogens is 396 g/mol. The van der Waals surface area contributed by atoms with Crippen molar-refractivity contribution >= 4 is 5.97 Å². The number of carbonyl (C=O) groups is 1. The number of nitrogens with zero attached hydrogens (tertiary/aromatic N) is 1. The second-order valence-electron chi connectivity index (χ2n) is 9.94. The van der Waals surface area contributed by atoms with Gasteiger partial charge in [-0.05, 0) is 72.3 Å². The van der Waals surface area contributed by atoms with Gasteiger partial charge in [-0.2, -0.15) is 0 Å². The van der Waals surface area contributed by atoms with Crippen LogP contribution in [0.5, 0.6) is 0 Å². The van der Waals surface area contributed by atoms with Crippen molar-refractivity contribution < 1.29 is 9.53 Å². The summed E-state index contributed by atoms with van der Waals surface area (Å²) in [6, 6.07) is 0. The van der Waals surface area contributed by atoms with Crippen LogP contribution in [0, 0.1) is 5.92 Å². The molecule has 0 aromatic carbocycles. The summed E-state index contributed by atoms with van der Waals surface area (Å²) >= 11 is 0. The number of unbranched alkanes of at least 4 members (excludes halogenated alkanes) is 12. The SMILES string of the molecule is CCCCCCCCC(CCCCCC)C(=O)OCCCCCCNCCCCN(C)C. The maximum atomic E-state index is 12.6. The van der Waals surface area contributed by atoms with Crippen LogP contribution in [0.2, 0.25) is 0 Å². The zero-order valence-corrected chi connectivity index (χ0v) is 22.4. The standard InChI is InChI=1S/C28H58N2O2/c1-5-7-9-11-12-16-22-27(21-15-10-8-6-2)28(31)32-26-20-14-13-17-23-29-24-18-19-25-30(3)4/h27,29H,5-26H2,1-4H3. The number of hydrogen-bond donors (Lipinski definition) is 1. The summed E-state index contributed by atoms with van der Waals surface area (Å²) in [5, 5.41) is 3.54. The van der Waals surface area contributed by atoms with Gasteiger partial charge in [0.1, 0.15) is 0 Å². The maximum absolute atomic E-state index is 12.6. The number of carbonyl (C=O) groups excluding carboxylic acids is 1. The molecule has 0 saturated carbocycles. The average molecular weight is 455 g/mol. The van der Waals surface area contributed by atoms with E-state index in [0.717, 1.165) is 38.8 Å². The lowest BCUT2D eigenvalue weighted by Gasteiger charge is -2.16. The van der Waals surface area contributed by atoms with Gasteiger partial charge < -0.3 is 15.0 Å². The number of hydrogen-bond acceptors (Lipinski definition) is 4. The third-order valence-electron chi connectivity index (χ3n) is 6.35. The first kappa shape index (κ1) is 31.4. The van der Waals surface area contributed by atoms with Gasteiger partial charge in [-0.15, -0.1) is 0 Å². The van der Waals surface area contributed by atoms with Crippen molar-refractivity contribution in [1.29, 1.82) is 0 Å². The maximum Gasteiger partial charge on any atom is 0.308 e. The molecule has 1 unspecified atom stereocenters. The van der Waals surface area contributed by atoms with Gasteiger partial charge in [0, 0.05) is 0 Å². The van der Waals surface area contributed by atoms with E-state index >= 15 is 0 Å². The Bertz CT molecular complexity index is 388. The summed E-state index contributed by atoms with van der Waals surface area (Å²) < 4.78 is 5.69. The number of esters is 1. The highest BCUT2D eigenvalue weighted by Gasteiger charge is 2.19. The molecule has 0 bridgehead atoms. The Balaban J connectivity index is 3.79. The number of ether oxygens (including phenoxy) is 1. The van der Waals surface area contributed by atoms with E-state index in [9.17, 15) is 4.79 Å². The van der Waals surface area contributed by atoms with Crippen LogP contribution in [0.15, 0.2) is 0 Å². The molecule has 0 spiro atoms. The highest BCUT2D eigenvalue weighted by Crippen LogP contribution is 2.20. The van der Waals surface area contributed by atoms with Crippen molar-refractivity contribution in [2.75, 3.05) is 40.3 Å². The first-order chi connectivity index (χ1) is 15.6. The normalized spacial score (nSPS) is 12.4.